The first-order valence-corrected chi connectivity index (χ1v) is 10.5. The zero-order valence-electron chi connectivity index (χ0n) is 17.3. The van der Waals surface area contributed by atoms with Gasteiger partial charge in [-0.1, -0.05) is 57.0 Å². The summed E-state index contributed by atoms with van der Waals surface area (Å²) in [6, 6.07) is 6.20. The van der Waals surface area contributed by atoms with Gasteiger partial charge in [-0.2, -0.15) is 0 Å². The van der Waals surface area contributed by atoms with Crippen LogP contribution in [-0.2, 0) is 4.79 Å². The van der Waals surface area contributed by atoms with Crippen molar-refractivity contribution in [2.24, 2.45) is 22.7 Å². The average molecular weight is 364 g/mol. The fourth-order valence-corrected chi connectivity index (χ4v) is 6.45. The Morgan fingerprint density at radius 3 is 2.81 bits per heavy atom. The van der Waals surface area contributed by atoms with Gasteiger partial charge in [0.25, 0.3) is 5.91 Å². The second kappa shape index (κ2) is 6.36. The number of hydrogen-bond donors (Lipinski definition) is 1. The predicted octanol–water partition coefficient (Wildman–Crippen LogP) is 6.52. The molecule has 2 saturated carbocycles. The smallest absolute Gasteiger partial charge is 0.256 e. The SMILES string of the molecule is C=C1CC[C@H]2C(C)(C)CCC[C@]2(C)[C@H]1C/C=C1\C(=O)Nc2ccc(C)cc21. The molecule has 0 radical (unpaired) electrons. The van der Waals surface area contributed by atoms with Gasteiger partial charge >= 0.3 is 0 Å². The van der Waals surface area contributed by atoms with Crippen LogP contribution in [0.1, 0.15) is 70.4 Å². The lowest BCUT2D eigenvalue weighted by Crippen LogP contribution is -2.49. The van der Waals surface area contributed by atoms with Crippen molar-refractivity contribution in [1.82, 2.24) is 0 Å². The van der Waals surface area contributed by atoms with Crippen LogP contribution in [0, 0.1) is 29.6 Å². The Morgan fingerprint density at radius 2 is 2.04 bits per heavy atom. The van der Waals surface area contributed by atoms with E-state index in [2.05, 4.69) is 57.8 Å². The number of fused-ring (bicyclic) bond motifs is 2. The lowest BCUT2D eigenvalue weighted by Gasteiger charge is -2.58. The van der Waals surface area contributed by atoms with Gasteiger partial charge in [0.05, 0.1) is 0 Å². The molecule has 1 amide bonds. The minimum absolute atomic E-state index is 0.0442. The molecule has 2 fully saturated rings. The zero-order valence-corrected chi connectivity index (χ0v) is 17.3. The van der Waals surface area contributed by atoms with Crippen LogP contribution in [0.15, 0.2) is 36.4 Å². The summed E-state index contributed by atoms with van der Waals surface area (Å²) in [5.74, 6) is 1.27. The van der Waals surface area contributed by atoms with Crippen molar-refractivity contribution in [1.29, 1.82) is 0 Å². The van der Waals surface area contributed by atoms with Gasteiger partial charge in [-0.05, 0) is 73.8 Å². The molecule has 27 heavy (non-hydrogen) atoms. The molecule has 2 heteroatoms. The maximum atomic E-state index is 12.6. The summed E-state index contributed by atoms with van der Waals surface area (Å²) in [5.41, 5.74) is 6.16. The molecule has 1 aliphatic heterocycles. The summed E-state index contributed by atoms with van der Waals surface area (Å²) < 4.78 is 0. The normalized spacial score (nSPS) is 33.6. The van der Waals surface area contributed by atoms with E-state index in [1.165, 1.54) is 36.8 Å². The van der Waals surface area contributed by atoms with E-state index in [9.17, 15) is 4.79 Å². The van der Waals surface area contributed by atoms with Crippen LogP contribution >= 0.6 is 0 Å². The molecular formula is C25H33NO. The van der Waals surface area contributed by atoms with Gasteiger partial charge in [-0.3, -0.25) is 4.79 Å². The largest absolute Gasteiger partial charge is 0.321 e. The molecule has 0 saturated heterocycles. The van der Waals surface area contributed by atoms with Crippen LogP contribution in [0.2, 0.25) is 0 Å². The first-order valence-electron chi connectivity index (χ1n) is 10.5. The van der Waals surface area contributed by atoms with E-state index < -0.39 is 0 Å². The number of anilines is 1. The Kier molecular flexibility index (Phi) is 4.36. The van der Waals surface area contributed by atoms with Gasteiger partial charge in [-0.15, -0.1) is 0 Å². The van der Waals surface area contributed by atoms with Crippen molar-refractivity contribution in [2.75, 3.05) is 5.32 Å². The molecule has 1 aromatic carbocycles. The number of amides is 1. The zero-order chi connectivity index (χ0) is 19.4. The molecule has 4 rings (SSSR count). The Hall–Kier alpha value is -1.83. The third-order valence-corrected chi connectivity index (χ3v) is 7.83. The molecule has 0 aromatic heterocycles. The summed E-state index contributed by atoms with van der Waals surface area (Å²) in [5, 5.41) is 3.02. The molecule has 144 valence electrons. The number of nitrogens with one attached hydrogen (secondary N) is 1. The van der Waals surface area contributed by atoms with E-state index in [0.29, 0.717) is 16.7 Å². The second-order valence-electron chi connectivity index (χ2n) is 10.0. The highest BCUT2D eigenvalue weighted by Crippen LogP contribution is 2.61. The average Bonchev–Trinajstić information content (AvgIpc) is 2.88. The molecule has 3 atom stereocenters. The number of carbonyl (C=O) groups excluding carboxylic acids is 1. The number of carbonyl (C=O) groups is 1. The number of aryl methyl sites for hydroxylation is 1. The molecule has 2 aliphatic carbocycles. The van der Waals surface area contributed by atoms with Gasteiger partial charge in [0.2, 0.25) is 0 Å². The van der Waals surface area contributed by atoms with Gasteiger partial charge in [0.15, 0.2) is 0 Å². The predicted molar refractivity (Wildman–Crippen MR) is 113 cm³/mol. The molecule has 0 bridgehead atoms. The quantitative estimate of drug-likeness (QED) is 0.470. The van der Waals surface area contributed by atoms with E-state index in [4.69, 9.17) is 0 Å². The molecule has 1 aromatic rings. The Morgan fingerprint density at radius 1 is 1.26 bits per heavy atom. The highest BCUT2D eigenvalue weighted by Gasteiger charge is 2.52. The molecule has 1 heterocycles. The number of benzene rings is 1. The maximum absolute atomic E-state index is 12.6. The first kappa shape index (κ1) is 18.5. The van der Waals surface area contributed by atoms with Gasteiger partial charge in [-0.25, -0.2) is 0 Å². The van der Waals surface area contributed by atoms with E-state index >= 15 is 0 Å². The van der Waals surface area contributed by atoms with E-state index in [-0.39, 0.29) is 5.91 Å². The lowest BCUT2D eigenvalue weighted by molar-refractivity contribution is -0.110. The summed E-state index contributed by atoms with van der Waals surface area (Å²) >= 11 is 0. The molecule has 0 unspecified atom stereocenters. The van der Waals surface area contributed by atoms with Crippen molar-refractivity contribution in [3.8, 4) is 0 Å². The standard InChI is InChI=1S/C25H33NO/c1-16-7-11-21-19(15-16)18(23(27)26-21)9-10-20-17(2)8-12-22-24(3,4)13-6-14-25(20,22)5/h7,9,11,15,20,22H,2,6,8,10,12-14H2,1,3-5H3,(H,26,27)/b18-9-/t20-,22-,25+/m0/s1. The number of rotatable bonds is 2. The van der Waals surface area contributed by atoms with Crippen LogP contribution in [0.25, 0.3) is 5.57 Å². The monoisotopic (exact) mass is 363 g/mol. The van der Waals surface area contributed by atoms with Gasteiger partial charge in [0, 0.05) is 16.8 Å². The van der Waals surface area contributed by atoms with Gasteiger partial charge < -0.3 is 5.32 Å². The number of allylic oxidation sites excluding steroid dienone is 2. The van der Waals surface area contributed by atoms with Gasteiger partial charge in [0.1, 0.15) is 0 Å². The molecule has 1 N–H and O–H groups in total. The van der Waals surface area contributed by atoms with Crippen molar-refractivity contribution >= 4 is 17.2 Å². The van der Waals surface area contributed by atoms with Crippen molar-refractivity contribution in [3.05, 3.63) is 47.6 Å². The van der Waals surface area contributed by atoms with Crippen LogP contribution in [0.4, 0.5) is 5.69 Å². The van der Waals surface area contributed by atoms with Crippen molar-refractivity contribution in [3.63, 3.8) is 0 Å². The van der Waals surface area contributed by atoms with Crippen molar-refractivity contribution < 1.29 is 4.79 Å². The third kappa shape index (κ3) is 2.98. The van der Waals surface area contributed by atoms with E-state index in [1.54, 1.807) is 0 Å². The highest BCUT2D eigenvalue weighted by molar-refractivity contribution is 6.31. The third-order valence-electron chi connectivity index (χ3n) is 7.83. The summed E-state index contributed by atoms with van der Waals surface area (Å²) in [4.78, 5) is 12.6. The molecule has 0 spiro atoms. The first-order chi connectivity index (χ1) is 12.7. The maximum Gasteiger partial charge on any atom is 0.256 e. The fourth-order valence-electron chi connectivity index (χ4n) is 6.45. The second-order valence-corrected chi connectivity index (χ2v) is 10.0. The minimum Gasteiger partial charge on any atom is -0.321 e. The molecule has 2 nitrogen and oxygen atoms in total. The van der Waals surface area contributed by atoms with E-state index in [1.807, 2.05) is 6.07 Å². The van der Waals surface area contributed by atoms with E-state index in [0.717, 1.165) is 35.6 Å². The Balaban J connectivity index is 1.66. The van der Waals surface area contributed by atoms with Crippen molar-refractivity contribution in [2.45, 2.75) is 66.2 Å². The topological polar surface area (TPSA) is 29.1 Å². The van der Waals surface area contributed by atoms with Crippen LogP contribution < -0.4 is 5.32 Å². The minimum atomic E-state index is 0.0442. The van der Waals surface area contributed by atoms with Crippen LogP contribution in [0.3, 0.4) is 0 Å². The Bertz CT molecular complexity index is 831. The number of hydrogen-bond acceptors (Lipinski definition) is 1. The van der Waals surface area contributed by atoms with Crippen LogP contribution in [0.5, 0.6) is 0 Å². The summed E-state index contributed by atoms with van der Waals surface area (Å²) in [6.45, 7) is 14.0. The lowest BCUT2D eigenvalue weighted by atomic mass is 9.47. The highest BCUT2D eigenvalue weighted by atomic mass is 16.2. The molecule has 3 aliphatic rings. The summed E-state index contributed by atoms with van der Waals surface area (Å²) in [6.07, 6.45) is 9.47. The molecular weight excluding hydrogens is 330 g/mol. The fraction of sp³-hybridized carbons (Fsp3) is 0.560. The van der Waals surface area contributed by atoms with Crippen LogP contribution in [-0.4, -0.2) is 5.91 Å². The summed E-state index contributed by atoms with van der Waals surface area (Å²) in [7, 11) is 0. The Labute approximate surface area is 164 Å².